The number of carbonyl (C=O) groups is 1. The van der Waals surface area contributed by atoms with Gasteiger partial charge in [-0.25, -0.2) is 0 Å². The number of hydrogen-bond donors (Lipinski definition) is 1. The number of nitrogens with one attached hydrogen (secondary N) is 1. The number of piperidine rings is 1. The highest BCUT2D eigenvalue weighted by molar-refractivity contribution is 5.93. The van der Waals surface area contributed by atoms with Crippen LogP contribution in [-0.2, 0) is 4.79 Å². The molecule has 1 fully saturated rings. The van der Waals surface area contributed by atoms with Crippen LogP contribution in [0.2, 0.25) is 0 Å². The molecule has 110 valence electrons. The van der Waals surface area contributed by atoms with Crippen molar-refractivity contribution in [3.8, 4) is 0 Å². The molecule has 1 aliphatic heterocycles. The number of para-hydroxylation sites is 1. The lowest BCUT2D eigenvalue weighted by molar-refractivity contribution is -0.118. The number of hydrogen-bond acceptors (Lipinski definition) is 2. The smallest absolute Gasteiger partial charge is 0.238 e. The topological polar surface area (TPSA) is 32.3 Å². The average Bonchev–Trinajstić information content (AvgIpc) is 2.41. The molecule has 1 atom stereocenters. The lowest BCUT2D eigenvalue weighted by Crippen LogP contribution is -2.42. The van der Waals surface area contributed by atoms with Crippen LogP contribution in [0, 0.1) is 0 Å². The van der Waals surface area contributed by atoms with Gasteiger partial charge in [0.25, 0.3) is 0 Å². The fraction of sp³-hybridized carbons (Fsp3) is 0.588. The van der Waals surface area contributed by atoms with E-state index in [4.69, 9.17) is 0 Å². The summed E-state index contributed by atoms with van der Waals surface area (Å²) in [4.78, 5) is 14.5. The van der Waals surface area contributed by atoms with Crippen molar-refractivity contribution in [1.29, 1.82) is 0 Å². The number of nitrogens with zero attached hydrogens (tertiary/aromatic N) is 1. The summed E-state index contributed by atoms with van der Waals surface area (Å²) in [6.45, 7) is 8.07. The monoisotopic (exact) mass is 274 g/mol. The predicted octanol–water partition coefficient (Wildman–Crippen LogP) is 3.62. The molecular formula is C17H26N2O. The van der Waals surface area contributed by atoms with Gasteiger partial charge in [0, 0.05) is 11.7 Å². The van der Waals surface area contributed by atoms with Gasteiger partial charge < -0.3 is 5.32 Å². The Bertz CT molecular complexity index is 456. The minimum absolute atomic E-state index is 0.104. The Kier molecular flexibility index (Phi) is 5.18. The number of likely N-dealkylation sites (tertiary alicyclic amines) is 1. The van der Waals surface area contributed by atoms with Gasteiger partial charge in [0.15, 0.2) is 0 Å². The summed E-state index contributed by atoms with van der Waals surface area (Å²) >= 11 is 0. The average molecular weight is 274 g/mol. The zero-order valence-corrected chi connectivity index (χ0v) is 12.9. The summed E-state index contributed by atoms with van der Waals surface area (Å²) < 4.78 is 0. The van der Waals surface area contributed by atoms with E-state index in [-0.39, 0.29) is 5.91 Å². The second-order valence-corrected chi connectivity index (χ2v) is 6.11. The third kappa shape index (κ3) is 3.83. The van der Waals surface area contributed by atoms with E-state index >= 15 is 0 Å². The Morgan fingerprint density at radius 2 is 2.10 bits per heavy atom. The predicted molar refractivity (Wildman–Crippen MR) is 84.0 cm³/mol. The Labute approximate surface area is 122 Å². The molecule has 0 aromatic heterocycles. The molecule has 1 N–H and O–H groups in total. The van der Waals surface area contributed by atoms with Crippen molar-refractivity contribution >= 4 is 11.6 Å². The first-order valence-electron chi connectivity index (χ1n) is 7.70. The molecule has 1 aliphatic rings. The summed E-state index contributed by atoms with van der Waals surface area (Å²) in [6, 6.07) is 8.61. The minimum atomic E-state index is 0.104. The van der Waals surface area contributed by atoms with Gasteiger partial charge in [0.1, 0.15) is 0 Å². The van der Waals surface area contributed by atoms with E-state index in [0.717, 1.165) is 12.2 Å². The van der Waals surface area contributed by atoms with Crippen LogP contribution >= 0.6 is 0 Å². The molecule has 0 bridgehead atoms. The molecule has 0 radical (unpaired) electrons. The van der Waals surface area contributed by atoms with Gasteiger partial charge in [0.05, 0.1) is 6.54 Å². The standard InChI is InChI=1S/C17H26N2O/c1-13(2)15-9-4-5-10-16(15)18-17(20)12-19-11-7-6-8-14(19)3/h4-5,9-10,13-14H,6-8,11-12H2,1-3H3,(H,18,20)/t14-/m0/s1. The van der Waals surface area contributed by atoms with E-state index in [2.05, 4.69) is 37.1 Å². The van der Waals surface area contributed by atoms with Gasteiger partial charge in [-0.2, -0.15) is 0 Å². The fourth-order valence-corrected chi connectivity index (χ4v) is 2.88. The Morgan fingerprint density at radius 3 is 2.80 bits per heavy atom. The zero-order chi connectivity index (χ0) is 14.5. The van der Waals surface area contributed by atoms with Crippen LogP contribution in [0.4, 0.5) is 5.69 Å². The van der Waals surface area contributed by atoms with Crippen molar-refractivity contribution in [2.24, 2.45) is 0 Å². The molecule has 1 aromatic rings. The van der Waals surface area contributed by atoms with E-state index in [1.54, 1.807) is 0 Å². The molecule has 0 saturated carbocycles. The maximum Gasteiger partial charge on any atom is 0.238 e. The van der Waals surface area contributed by atoms with Crippen molar-refractivity contribution in [3.63, 3.8) is 0 Å². The summed E-state index contributed by atoms with van der Waals surface area (Å²) in [7, 11) is 0. The molecule has 3 nitrogen and oxygen atoms in total. The maximum absolute atomic E-state index is 12.2. The Morgan fingerprint density at radius 1 is 1.35 bits per heavy atom. The SMILES string of the molecule is CC(C)c1ccccc1NC(=O)CN1CCCC[C@@H]1C. The van der Waals surface area contributed by atoms with Crippen LogP contribution in [0.15, 0.2) is 24.3 Å². The van der Waals surface area contributed by atoms with E-state index in [9.17, 15) is 4.79 Å². The van der Waals surface area contributed by atoms with E-state index in [1.807, 2.05) is 18.2 Å². The molecular weight excluding hydrogens is 248 g/mol. The van der Waals surface area contributed by atoms with E-state index in [1.165, 1.54) is 24.8 Å². The molecule has 3 heteroatoms. The highest BCUT2D eigenvalue weighted by Gasteiger charge is 2.20. The third-order valence-corrected chi connectivity index (χ3v) is 4.14. The third-order valence-electron chi connectivity index (χ3n) is 4.14. The Hall–Kier alpha value is -1.35. The minimum Gasteiger partial charge on any atom is -0.325 e. The van der Waals surface area contributed by atoms with Crippen LogP contribution in [0.25, 0.3) is 0 Å². The lowest BCUT2D eigenvalue weighted by atomic mass is 10.0. The first-order chi connectivity index (χ1) is 9.58. The first-order valence-corrected chi connectivity index (χ1v) is 7.70. The lowest BCUT2D eigenvalue weighted by Gasteiger charge is -2.32. The molecule has 1 heterocycles. The quantitative estimate of drug-likeness (QED) is 0.909. The highest BCUT2D eigenvalue weighted by atomic mass is 16.2. The summed E-state index contributed by atoms with van der Waals surface area (Å²) in [5.74, 6) is 0.521. The number of benzene rings is 1. The fourth-order valence-electron chi connectivity index (χ4n) is 2.88. The van der Waals surface area contributed by atoms with Crippen LogP contribution in [0.3, 0.4) is 0 Å². The molecule has 2 rings (SSSR count). The Balaban J connectivity index is 1.97. The molecule has 0 aliphatic carbocycles. The molecule has 20 heavy (non-hydrogen) atoms. The number of rotatable bonds is 4. The highest BCUT2D eigenvalue weighted by Crippen LogP contribution is 2.24. The summed E-state index contributed by atoms with van der Waals surface area (Å²) in [5.41, 5.74) is 2.16. The van der Waals surface area contributed by atoms with Crippen LogP contribution in [0.5, 0.6) is 0 Å². The van der Waals surface area contributed by atoms with Crippen LogP contribution in [-0.4, -0.2) is 29.9 Å². The summed E-state index contributed by atoms with van der Waals surface area (Å²) in [6.07, 6.45) is 3.70. The van der Waals surface area contributed by atoms with Crippen LogP contribution in [0.1, 0.15) is 51.5 Å². The van der Waals surface area contributed by atoms with Crippen molar-refractivity contribution < 1.29 is 4.79 Å². The van der Waals surface area contributed by atoms with Crippen molar-refractivity contribution in [1.82, 2.24) is 4.90 Å². The first kappa shape index (κ1) is 15.0. The van der Waals surface area contributed by atoms with Crippen molar-refractivity contribution in [3.05, 3.63) is 29.8 Å². The largest absolute Gasteiger partial charge is 0.325 e. The number of carbonyl (C=O) groups excluding carboxylic acids is 1. The molecule has 0 spiro atoms. The normalized spacial score (nSPS) is 20.1. The van der Waals surface area contributed by atoms with Gasteiger partial charge in [0.2, 0.25) is 5.91 Å². The van der Waals surface area contributed by atoms with Crippen LogP contribution < -0.4 is 5.32 Å². The molecule has 1 aromatic carbocycles. The van der Waals surface area contributed by atoms with Gasteiger partial charge >= 0.3 is 0 Å². The summed E-state index contributed by atoms with van der Waals surface area (Å²) in [5, 5.41) is 3.08. The second-order valence-electron chi connectivity index (χ2n) is 6.11. The van der Waals surface area contributed by atoms with Gasteiger partial charge in [-0.3, -0.25) is 9.69 Å². The second kappa shape index (κ2) is 6.89. The van der Waals surface area contributed by atoms with Gasteiger partial charge in [-0.15, -0.1) is 0 Å². The van der Waals surface area contributed by atoms with E-state index < -0.39 is 0 Å². The van der Waals surface area contributed by atoms with Crippen molar-refractivity contribution in [2.45, 2.75) is 52.0 Å². The maximum atomic E-state index is 12.2. The van der Waals surface area contributed by atoms with E-state index in [0.29, 0.717) is 18.5 Å². The van der Waals surface area contributed by atoms with Gasteiger partial charge in [-0.1, -0.05) is 38.5 Å². The number of anilines is 1. The molecule has 1 amide bonds. The zero-order valence-electron chi connectivity index (χ0n) is 12.9. The van der Waals surface area contributed by atoms with Gasteiger partial charge in [-0.05, 0) is 43.9 Å². The molecule has 1 saturated heterocycles. The number of amides is 1. The molecule has 0 unspecified atom stereocenters. The van der Waals surface area contributed by atoms with Crippen molar-refractivity contribution in [2.75, 3.05) is 18.4 Å².